The molecule has 0 bridgehead atoms. The SMILES string of the molecule is C1CC2CC12.CC.CC=CCCC. The predicted molar refractivity (Wildman–Crippen MR) is 61.9 cm³/mol. The van der Waals surface area contributed by atoms with Crippen LogP contribution in [0.25, 0.3) is 0 Å². The van der Waals surface area contributed by atoms with Crippen molar-refractivity contribution < 1.29 is 0 Å². The van der Waals surface area contributed by atoms with Crippen LogP contribution in [0.5, 0.6) is 0 Å². The summed E-state index contributed by atoms with van der Waals surface area (Å²) in [4.78, 5) is 0. The van der Waals surface area contributed by atoms with Crippen LogP contribution in [0.1, 0.15) is 59.8 Å². The number of fused-ring (bicyclic) bond motifs is 1. The summed E-state index contributed by atoms with van der Waals surface area (Å²) in [5, 5.41) is 0. The number of rotatable bonds is 2. The second-order valence-corrected chi connectivity index (χ2v) is 3.69. The first-order chi connectivity index (χ1) is 6.38. The van der Waals surface area contributed by atoms with Gasteiger partial charge in [0.1, 0.15) is 0 Å². The van der Waals surface area contributed by atoms with Crippen molar-refractivity contribution in [2.75, 3.05) is 0 Å². The van der Waals surface area contributed by atoms with Gasteiger partial charge in [0.2, 0.25) is 0 Å². The fraction of sp³-hybridized carbons (Fsp3) is 0.846. The molecule has 0 heteroatoms. The topological polar surface area (TPSA) is 0 Å². The highest BCUT2D eigenvalue weighted by Crippen LogP contribution is 2.55. The largest absolute Gasteiger partial charge is 0.0917 e. The predicted octanol–water partition coefficient (Wildman–Crippen LogP) is 4.81. The van der Waals surface area contributed by atoms with E-state index >= 15 is 0 Å². The van der Waals surface area contributed by atoms with Gasteiger partial charge in [-0.05, 0) is 44.4 Å². The molecule has 2 aliphatic carbocycles. The highest BCUT2D eigenvalue weighted by Gasteiger charge is 2.44. The van der Waals surface area contributed by atoms with Gasteiger partial charge >= 0.3 is 0 Å². The molecule has 2 rings (SSSR count). The van der Waals surface area contributed by atoms with Gasteiger partial charge in [0, 0.05) is 0 Å². The molecule has 2 fully saturated rings. The molecule has 0 radical (unpaired) electrons. The Balaban J connectivity index is 0.000000187. The van der Waals surface area contributed by atoms with Gasteiger partial charge in [-0.3, -0.25) is 0 Å². The average molecular weight is 182 g/mol. The van der Waals surface area contributed by atoms with Crippen molar-refractivity contribution in [3.8, 4) is 0 Å². The van der Waals surface area contributed by atoms with Crippen LogP contribution in [0.3, 0.4) is 0 Å². The van der Waals surface area contributed by atoms with Crippen LogP contribution >= 0.6 is 0 Å². The normalized spacial score (nSPS) is 27.4. The Bertz CT molecular complexity index is 112. The highest BCUT2D eigenvalue weighted by molar-refractivity contribution is 4.95. The van der Waals surface area contributed by atoms with E-state index in [0.717, 1.165) is 0 Å². The van der Waals surface area contributed by atoms with E-state index in [4.69, 9.17) is 0 Å². The molecule has 0 saturated heterocycles. The Hall–Kier alpha value is -0.260. The van der Waals surface area contributed by atoms with Gasteiger partial charge in [0.05, 0.1) is 0 Å². The van der Waals surface area contributed by atoms with Crippen LogP contribution < -0.4 is 0 Å². The molecule has 2 saturated carbocycles. The zero-order valence-electron chi connectivity index (χ0n) is 9.84. The molecule has 2 aliphatic rings. The summed E-state index contributed by atoms with van der Waals surface area (Å²) in [6, 6.07) is 0. The fourth-order valence-corrected chi connectivity index (χ4v) is 1.52. The molecule has 0 heterocycles. The number of hydrogen-bond acceptors (Lipinski definition) is 0. The third kappa shape index (κ3) is 5.90. The molecule has 0 aromatic carbocycles. The van der Waals surface area contributed by atoms with E-state index in [2.05, 4.69) is 26.0 Å². The second-order valence-electron chi connectivity index (χ2n) is 3.69. The minimum atomic E-state index is 1.23. The minimum Gasteiger partial charge on any atom is -0.0917 e. The molecule has 13 heavy (non-hydrogen) atoms. The second kappa shape index (κ2) is 8.34. The molecule has 0 aromatic heterocycles. The molecule has 0 amide bonds. The molecule has 0 spiro atoms. The Morgan fingerprint density at radius 2 is 1.69 bits per heavy atom. The van der Waals surface area contributed by atoms with Gasteiger partial charge in [-0.1, -0.05) is 39.3 Å². The molecule has 2 atom stereocenters. The molecule has 0 N–H and O–H groups in total. The molecule has 0 nitrogen and oxygen atoms in total. The summed E-state index contributed by atoms with van der Waals surface area (Å²) in [5.74, 6) is 2.46. The molecule has 78 valence electrons. The summed E-state index contributed by atoms with van der Waals surface area (Å²) in [6.07, 6.45) is 11.5. The quantitative estimate of drug-likeness (QED) is 0.538. The van der Waals surface area contributed by atoms with Crippen molar-refractivity contribution in [1.29, 1.82) is 0 Å². The Labute approximate surface area is 84.4 Å². The van der Waals surface area contributed by atoms with Crippen LogP contribution in [0.15, 0.2) is 12.2 Å². The van der Waals surface area contributed by atoms with Crippen molar-refractivity contribution in [1.82, 2.24) is 0 Å². The molecule has 0 aliphatic heterocycles. The van der Waals surface area contributed by atoms with E-state index in [0.29, 0.717) is 0 Å². The zero-order chi connectivity index (χ0) is 10.1. The lowest BCUT2D eigenvalue weighted by Crippen LogP contribution is -1.93. The van der Waals surface area contributed by atoms with E-state index in [1.165, 1.54) is 24.7 Å². The van der Waals surface area contributed by atoms with Gasteiger partial charge in [-0.25, -0.2) is 0 Å². The summed E-state index contributed by atoms with van der Waals surface area (Å²) < 4.78 is 0. The lowest BCUT2D eigenvalue weighted by atomic mass is 10.0. The van der Waals surface area contributed by atoms with E-state index < -0.39 is 0 Å². The molecular weight excluding hydrogens is 156 g/mol. The van der Waals surface area contributed by atoms with Crippen molar-refractivity contribution in [3.63, 3.8) is 0 Å². The molecule has 0 aromatic rings. The summed E-state index contributed by atoms with van der Waals surface area (Å²) in [7, 11) is 0. The Morgan fingerprint density at radius 3 is 1.77 bits per heavy atom. The van der Waals surface area contributed by atoms with Crippen molar-refractivity contribution in [2.45, 2.75) is 59.8 Å². The maximum Gasteiger partial charge on any atom is -0.0353 e. The van der Waals surface area contributed by atoms with Gasteiger partial charge in [-0.2, -0.15) is 0 Å². The van der Waals surface area contributed by atoms with E-state index in [9.17, 15) is 0 Å². The highest BCUT2D eigenvalue weighted by atomic mass is 14.5. The van der Waals surface area contributed by atoms with Gasteiger partial charge < -0.3 is 0 Å². The number of hydrogen-bond donors (Lipinski definition) is 0. The molecule has 2 unspecified atom stereocenters. The monoisotopic (exact) mass is 182 g/mol. The Morgan fingerprint density at radius 1 is 1.15 bits per heavy atom. The summed E-state index contributed by atoms with van der Waals surface area (Å²) in [5.41, 5.74) is 0. The van der Waals surface area contributed by atoms with Crippen molar-refractivity contribution in [2.24, 2.45) is 11.8 Å². The maximum atomic E-state index is 2.18. The van der Waals surface area contributed by atoms with E-state index in [-0.39, 0.29) is 0 Å². The first kappa shape index (κ1) is 12.7. The zero-order valence-corrected chi connectivity index (χ0v) is 9.84. The van der Waals surface area contributed by atoms with E-state index in [1.807, 2.05) is 13.8 Å². The Kier molecular flexibility index (Phi) is 8.18. The van der Waals surface area contributed by atoms with E-state index in [1.54, 1.807) is 19.3 Å². The van der Waals surface area contributed by atoms with Gasteiger partial charge in [0.15, 0.2) is 0 Å². The first-order valence-electron chi connectivity index (χ1n) is 5.99. The first-order valence-corrected chi connectivity index (χ1v) is 5.99. The van der Waals surface area contributed by atoms with Gasteiger partial charge in [0.25, 0.3) is 0 Å². The third-order valence-electron chi connectivity index (χ3n) is 2.67. The van der Waals surface area contributed by atoms with Crippen LogP contribution in [0, 0.1) is 11.8 Å². The van der Waals surface area contributed by atoms with Crippen LogP contribution in [0.4, 0.5) is 0 Å². The lowest BCUT2D eigenvalue weighted by molar-refractivity contribution is 0.468. The average Bonchev–Trinajstić information content (AvgIpc) is 2.74. The molecular formula is C13H26. The third-order valence-corrected chi connectivity index (χ3v) is 2.67. The standard InChI is InChI=1S/C6H12.C5H8.C2H6/c1-3-5-6-4-2;1-2-5-3-4(1)5;1-2/h3,5H,4,6H2,1-2H3;4-5H,1-3H2;1-2H3. The van der Waals surface area contributed by atoms with Gasteiger partial charge in [-0.15, -0.1) is 0 Å². The summed E-state index contributed by atoms with van der Waals surface area (Å²) >= 11 is 0. The number of allylic oxidation sites excluding steroid dienone is 2. The van der Waals surface area contributed by atoms with Crippen molar-refractivity contribution in [3.05, 3.63) is 12.2 Å². The number of unbranched alkanes of at least 4 members (excludes halogenated alkanes) is 1. The van der Waals surface area contributed by atoms with Crippen LogP contribution in [-0.2, 0) is 0 Å². The maximum absolute atomic E-state index is 2.18. The van der Waals surface area contributed by atoms with Crippen LogP contribution in [0.2, 0.25) is 0 Å². The lowest BCUT2D eigenvalue weighted by Gasteiger charge is -2.04. The smallest absolute Gasteiger partial charge is 0.0353 e. The van der Waals surface area contributed by atoms with Crippen LogP contribution in [-0.4, -0.2) is 0 Å². The summed E-state index contributed by atoms with van der Waals surface area (Å²) in [6.45, 7) is 8.23. The minimum absolute atomic E-state index is 1.23. The fourth-order valence-electron chi connectivity index (χ4n) is 1.52. The van der Waals surface area contributed by atoms with Crippen molar-refractivity contribution >= 4 is 0 Å².